The van der Waals surface area contributed by atoms with Crippen molar-refractivity contribution in [1.82, 2.24) is 20.2 Å². The van der Waals surface area contributed by atoms with Crippen molar-refractivity contribution in [3.05, 3.63) is 52.8 Å². The zero-order valence-corrected chi connectivity index (χ0v) is 14.4. The Morgan fingerprint density at radius 3 is 2.72 bits per heavy atom. The molecule has 0 radical (unpaired) electrons. The number of rotatable bonds is 3. The molecule has 8 nitrogen and oxygen atoms in total. The summed E-state index contributed by atoms with van der Waals surface area (Å²) in [6.45, 7) is 0.991. The van der Waals surface area contributed by atoms with Crippen LogP contribution in [0.1, 0.15) is 10.4 Å². The first-order chi connectivity index (χ1) is 12.2. The number of nitrogens with zero attached hydrogens (tertiary/aromatic N) is 4. The number of hydrogen-bond acceptors (Lipinski definition) is 6. The number of halogens is 1. The van der Waals surface area contributed by atoms with Crippen LogP contribution >= 0.6 is 15.9 Å². The second-order valence-electron chi connectivity index (χ2n) is 5.23. The highest BCUT2D eigenvalue weighted by atomic mass is 79.9. The number of tetrazole rings is 1. The number of fused-ring (bicyclic) bond motifs is 1. The molecular weight excluding hydrogens is 390 g/mol. The van der Waals surface area contributed by atoms with Crippen LogP contribution in [0.25, 0.3) is 5.69 Å². The average molecular weight is 402 g/mol. The fourth-order valence-electron chi connectivity index (χ4n) is 2.42. The van der Waals surface area contributed by atoms with Gasteiger partial charge in [0.25, 0.3) is 5.91 Å². The van der Waals surface area contributed by atoms with Crippen molar-refractivity contribution in [3.63, 3.8) is 0 Å². The molecule has 0 unspecified atom stereocenters. The predicted molar refractivity (Wildman–Crippen MR) is 92.2 cm³/mol. The number of nitrogens with one attached hydrogen (secondary N) is 1. The van der Waals surface area contributed by atoms with Gasteiger partial charge < -0.3 is 14.8 Å². The molecule has 3 aromatic rings. The number of aromatic nitrogens is 4. The van der Waals surface area contributed by atoms with Gasteiger partial charge >= 0.3 is 0 Å². The van der Waals surface area contributed by atoms with Gasteiger partial charge in [-0.25, -0.2) is 4.68 Å². The third-order valence-electron chi connectivity index (χ3n) is 3.60. The summed E-state index contributed by atoms with van der Waals surface area (Å²) in [4.78, 5) is 12.6. The number of benzene rings is 2. The van der Waals surface area contributed by atoms with Crippen LogP contribution in [0.2, 0.25) is 0 Å². The summed E-state index contributed by atoms with van der Waals surface area (Å²) in [6.07, 6.45) is 1.47. The van der Waals surface area contributed by atoms with Crippen LogP contribution in [0.3, 0.4) is 0 Å². The van der Waals surface area contributed by atoms with Crippen molar-refractivity contribution < 1.29 is 14.3 Å². The molecule has 1 aliphatic rings. The first-order valence-corrected chi connectivity index (χ1v) is 8.24. The molecule has 0 saturated carbocycles. The van der Waals surface area contributed by atoms with Crippen LogP contribution in [0.15, 0.2) is 47.2 Å². The molecule has 9 heteroatoms. The minimum absolute atomic E-state index is 0.257. The summed E-state index contributed by atoms with van der Waals surface area (Å²) in [5, 5.41) is 13.9. The molecule has 4 rings (SSSR count). The van der Waals surface area contributed by atoms with Gasteiger partial charge in [-0.05, 0) is 44.6 Å². The van der Waals surface area contributed by atoms with Gasteiger partial charge in [-0.15, -0.1) is 5.10 Å². The summed E-state index contributed by atoms with van der Waals surface area (Å²) in [6, 6.07) is 10.5. The van der Waals surface area contributed by atoms with E-state index in [2.05, 4.69) is 36.8 Å². The van der Waals surface area contributed by atoms with Gasteiger partial charge in [0.05, 0.1) is 11.4 Å². The zero-order chi connectivity index (χ0) is 17.2. The van der Waals surface area contributed by atoms with E-state index in [9.17, 15) is 4.79 Å². The zero-order valence-electron chi connectivity index (χ0n) is 12.8. The lowest BCUT2D eigenvalue weighted by Gasteiger charge is -2.20. The standard InChI is InChI=1S/C16H12BrN5O3/c17-12-7-14-15(25-5-4-24-14)8-13(12)19-16(23)10-2-1-3-11(6-10)22-9-18-20-21-22/h1-3,6-9H,4-5H2,(H,19,23). The Kier molecular flexibility index (Phi) is 4.06. The summed E-state index contributed by atoms with van der Waals surface area (Å²) < 4.78 is 13.3. The van der Waals surface area contributed by atoms with Gasteiger partial charge in [-0.2, -0.15) is 0 Å². The van der Waals surface area contributed by atoms with Gasteiger partial charge in [0.2, 0.25) is 0 Å². The molecule has 2 aromatic carbocycles. The van der Waals surface area contributed by atoms with Crippen LogP contribution in [-0.2, 0) is 0 Å². The number of carbonyl (C=O) groups is 1. The molecule has 1 amide bonds. The summed E-state index contributed by atoms with van der Waals surface area (Å²) in [5.74, 6) is 0.997. The Labute approximate surface area is 150 Å². The Balaban J connectivity index is 1.59. The molecule has 1 N–H and O–H groups in total. The van der Waals surface area contributed by atoms with Crippen molar-refractivity contribution in [1.29, 1.82) is 0 Å². The van der Waals surface area contributed by atoms with Crippen LogP contribution in [0, 0.1) is 0 Å². The molecule has 1 aromatic heterocycles. The molecule has 0 spiro atoms. The van der Waals surface area contributed by atoms with E-state index >= 15 is 0 Å². The van der Waals surface area contributed by atoms with E-state index in [4.69, 9.17) is 9.47 Å². The molecule has 25 heavy (non-hydrogen) atoms. The van der Waals surface area contributed by atoms with E-state index in [0.29, 0.717) is 46.1 Å². The molecule has 0 atom stereocenters. The minimum Gasteiger partial charge on any atom is -0.486 e. The van der Waals surface area contributed by atoms with Crippen LogP contribution in [0.5, 0.6) is 11.5 Å². The monoisotopic (exact) mass is 401 g/mol. The fraction of sp³-hybridized carbons (Fsp3) is 0.125. The molecule has 126 valence electrons. The molecule has 2 heterocycles. The van der Waals surface area contributed by atoms with Gasteiger partial charge in [-0.1, -0.05) is 6.07 Å². The minimum atomic E-state index is -0.257. The topological polar surface area (TPSA) is 91.2 Å². The maximum atomic E-state index is 12.6. The van der Waals surface area contributed by atoms with Crippen molar-refractivity contribution in [3.8, 4) is 17.2 Å². The number of carbonyl (C=O) groups excluding carboxylic acids is 1. The Morgan fingerprint density at radius 1 is 1.16 bits per heavy atom. The SMILES string of the molecule is O=C(Nc1cc2c(cc1Br)OCCO2)c1cccc(-n2cnnn2)c1. The normalized spacial score (nSPS) is 12.7. The van der Waals surface area contributed by atoms with E-state index < -0.39 is 0 Å². The lowest BCUT2D eigenvalue weighted by Crippen LogP contribution is -2.17. The molecule has 0 aliphatic carbocycles. The molecular formula is C16H12BrN5O3. The third-order valence-corrected chi connectivity index (χ3v) is 4.26. The number of amides is 1. The summed E-state index contributed by atoms with van der Waals surface area (Å²) in [5.41, 5.74) is 1.77. The van der Waals surface area contributed by atoms with Gasteiger partial charge in [0.1, 0.15) is 19.5 Å². The quantitative estimate of drug-likeness (QED) is 0.724. The number of hydrogen-bond donors (Lipinski definition) is 1. The Bertz CT molecular complexity index is 930. The van der Waals surface area contributed by atoms with Crippen LogP contribution in [0.4, 0.5) is 5.69 Å². The molecule has 1 aliphatic heterocycles. The highest BCUT2D eigenvalue weighted by Crippen LogP contribution is 2.38. The lowest BCUT2D eigenvalue weighted by atomic mass is 10.1. The van der Waals surface area contributed by atoms with E-state index in [0.717, 1.165) is 0 Å². The second-order valence-corrected chi connectivity index (χ2v) is 6.09. The van der Waals surface area contributed by atoms with Crippen molar-refractivity contribution in [2.75, 3.05) is 18.5 Å². The largest absolute Gasteiger partial charge is 0.486 e. The van der Waals surface area contributed by atoms with Crippen molar-refractivity contribution in [2.45, 2.75) is 0 Å². The average Bonchev–Trinajstić information content (AvgIpc) is 3.17. The van der Waals surface area contributed by atoms with Crippen LogP contribution < -0.4 is 14.8 Å². The van der Waals surface area contributed by atoms with E-state index in [1.165, 1.54) is 11.0 Å². The summed E-state index contributed by atoms with van der Waals surface area (Å²) >= 11 is 3.44. The summed E-state index contributed by atoms with van der Waals surface area (Å²) in [7, 11) is 0. The highest BCUT2D eigenvalue weighted by Gasteiger charge is 2.17. The van der Waals surface area contributed by atoms with Gasteiger partial charge in [-0.3, -0.25) is 4.79 Å². The first kappa shape index (κ1) is 15.6. The van der Waals surface area contributed by atoms with E-state index in [-0.39, 0.29) is 5.91 Å². The second kappa shape index (κ2) is 6.52. The lowest BCUT2D eigenvalue weighted by molar-refractivity contribution is 0.102. The Morgan fingerprint density at radius 2 is 1.96 bits per heavy atom. The number of anilines is 1. The fourth-order valence-corrected chi connectivity index (χ4v) is 2.85. The number of ether oxygens (including phenoxy) is 2. The molecule has 0 fully saturated rings. The first-order valence-electron chi connectivity index (χ1n) is 7.44. The van der Waals surface area contributed by atoms with E-state index in [1.54, 1.807) is 30.3 Å². The van der Waals surface area contributed by atoms with Crippen molar-refractivity contribution >= 4 is 27.5 Å². The maximum Gasteiger partial charge on any atom is 0.255 e. The molecule has 0 saturated heterocycles. The van der Waals surface area contributed by atoms with Crippen molar-refractivity contribution in [2.24, 2.45) is 0 Å². The smallest absolute Gasteiger partial charge is 0.255 e. The third kappa shape index (κ3) is 3.18. The molecule has 0 bridgehead atoms. The van der Waals surface area contributed by atoms with Crippen LogP contribution in [-0.4, -0.2) is 39.3 Å². The van der Waals surface area contributed by atoms with E-state index in [1.807, 2.05) is 6.07 Å². The highest BCUT2D eigenvalue weighted by molar-refractivity contribution is 9.10. The van der Waals surface area contributed by atoms with Gasteiger partial charge in [0, 0.05) is 22.2 Å². The Hall–Kier alpha value is -2.94. The maximum absolute atomic E-state index is 12.6. The predicted octanol–water partition coefficient (Wildman–Crippen LogP) is 2.45. The van der Waals surface area contributed by atoms with Gasteiger partial charge in [0.15, 0.2) is 11.5 Å².